The van der Waals surface area contributed by atoms with E-state index in [2.05, 4.69) is 5.32 Å². The summed E-state index contributed by atoms with van der Waals surface area (Å²) in [5.74, 6) is 0.700. The van der Waals surface area contributed by atoms with Gasteiger partial charge in [0.15, 0.2) is 0 Å². The van der Waals surface area contributed by atoms with Crippen LogP contribution in [-0.2, 0) is 9.53 Å². The topological polar surface area (TPSA) is 38.3 Å². The molecule has 3 nitrogen and oxygen atoms in total. The molecule has 15 heavy (non-hydrogen) atoms. The zero-order valence-corrected chi connectivity index (χ0v) is 9.55. The van der Waals surface area contributed by atoms with E-state index in [9.17, 15) is 4.79 Å². The lowest BCUT2D eigenvalue weighted by Gasteiger charge is -2.46. The number of nitrogens with one attached hydrogen (secondary N) is 1. The van der Waals surface area contributed by atoms with Crippen molar-refractivity contribution in [2.75, 3.05) is 20.2 Å². The van der Waals surface area contributed by atoms with Gasteiger partial charge in [0.25, 0.3) is 0 Å². The van der Waals surface area contributed by atoms with Crippen LogP contribution in [0.1, 0.15) is 38.5 Å². The second kappa shape index (κ2) is 4.62. The van der Waals surface area contributed by atoms with E-state index in [0.717, 1.165) is 26.0 Å². The predicted octanol–water partition coefficient (Wildman–Crippen LogP) is 1.51. The highest BCUT2D eigenvalue weighted by Gasteiger charge is 2.43. The molecule has 1 N–H and O–H groups in total. The molecule has 86 valence electrons. The summed E-state index contributed by atoms with van der Waals surface area (Å²) in [4.78, 5) is 11.9. The summed E-state index contributed by atoms with van der Waals surface area (Å²) >= 11 is 0. The Bertz CT molecular complexity index is 236. The summed E-state index contributed by atoms with van der Waals surface area (Å²) in [7, 11) is 1.89. The van der Waals surface area contributed by atoms with E-state index in [0.29, 0.717) is 12.2 Å². The number of rotatable bonds is 4. The molecule has 0 bridgehead atoms. The van der Waals surface area contributed by atoms with E-state index < -0.39 is 0 Å². The number of ether oxygens (including phenoxy) is 1. The van der Waals surface area contributed by atoms with Crippen LogP contribution in [0.3, 0.4) is 0 Å². The summed E-state index contributed by atoms with van der Waals surface area (Å²) in [6.07, 6.45) is 6.21. The molecule has 0 aromatic carbocycles. The van der Waals surface area contributed by atoms with E-state index in [1.807, 2.05) is 7.05 Å². The molecular formula is C12H21NO2. The molecular weight excluding hydrogens is 190 g/mol. The third-order valence-corrected chi connectivity index (χ3v) is 3.83. The van der Waals surface area contributed by atoms with Crippen molar-refractivity contribution >= 4 is 5.78 Å². The smallest absolute Gasteiger partial charge is 0.137 e. The van der Waals surface area contributed by atoms with Gasteiger partial charge in [-0.1, -0.05) is 0 Å². The van der Waals surface area contributed by atoms with Gasteiger partial charge in [-0.2, -0.15) is 0 Å². The molecule has 3 heteroatoms. The average Bonchev–Trinajstić information content (AvgIpc) is 2.24. The Hall–Kier alpha value is -0.410. The lowest BCUT2D eigenvalue weighted by atomic mass is 9.71. The van der Waals surface area contributed by atoms with E-state index in [1.54, 1.807) is 0 Å². The molecule has 2 aliphatic rings. The fraction of sp³-hybridized carbons (Fsp3) is 0.917. The van der Waals surface area contributed by atoms with Gasteiger partial charge in [-0.15, -0.1) is 0 Å². The van der Waals surface area contributed by atoms with Crippen LogP contribution in [0.2, 0.25) is 0 Å². The van der Waals surface area contributed by atoms with Crippen molar-refractivity contribution in [3.63, 3.8) is 0 Å². The van der Waals surface area contributed by atoms with Crippen LogP contribution in [-0.4, -0.2) is 31.6 Å². The van der Waals surface area contributed by atoms with Gasteiger partial charge in [-0.05, 0) is 39.2 Å². The predicted molar refractivity (Wildman–Crippen MR) is 58.8 cm³/mol. The summed E-state index contributed by atoms with van der Waals surface area (Å²) in [6, 6.07) is 0. The maximum Gasteiger partial charge on any atom is 0.137 e. The lowest BCUT2D eigenvalue weighted by molar-refractivity contribution is -0.155. The van der Waals surface area contributed by atoms with Gasteiger partial charge in [0.05, 0.1) is 5.60 Å². The van der Waals surface area contributed by atoms with Crippen LogP contribution in [0, 0.1) is 5.92 Å². The maximum atomic E-state index is 11.9. The summed E-state index contributed by atoms with van der Waals surface area (Å²) < 4.78 is 5.82. The zero-order chi connectivity index (χ0) is 10.7. The van der Waals surface area contributed by atoms with Crippen molar-refractivity contribution in [3.05, 3.63) is 0 Å². The van der Waals surface area contributed by atoms with Gasteiger partial charge < -0.3 is 10.1 Å². The van der Waals surface area contributed by atoms with E-state index in [-0.39, 0.29) is 11.5 Å². The number of carbonyl (C=O) groups excluding carboxylic acids is 1. The van der Waals surface area contributed by atoms with Crippen molar-refractivity contribution in [2.24, 2.45) is 5.92 Å². The van der Waals surface area contributed by atoms with Gasteiger partial charge in [0.1, 0.15) is 5.78 Å². The number of Topliss-reactive ketones (excluding diaryl/α,β-unsaturated/α-hetero) is 1. The molecule has 1 saturated carbocycles. The molecule has 0 amide bonds. The van der Waals surface area contributed by atoms with Gasteiger partial charge in [-0.3, -0.25) is 4.79 Å². The van der Waals surface area contributed by atoms with Crippen molar-refractivity contribution in [1.82, 2.24) is 5.32 Å². The monoisotopic (exact) mass is 211 g/mol. The molecule has 1 heterocycles. The quantitative estimate of drug-likeness (QED) is 0.766. The average molecular weight is 211 g/mol. The highest BCUT2D eigenvalue weighted by atomic mass is 16.5. The first-order chi connectivity index (χ1) is 7.26. The van der Waals surface area contributed by atoms with Crippen LogP contribution in [0.4, 0.5) is 0 Å². The van der Waals surface area contributed by atoms with E-state index in [4.69, 9.17) is 4.74 Å². The first-order valence-corrected chi connectivity index (χ1v) is 6.07. The number of ketones is 1. The Morgan fingerprint density at radius 2 is 2.33 bits per heavy atom. The Morgan fingerprint density at radius 1 is 1.53 bits per heavy atom. The van der Waals surface area contributed by atoms with Crippen molar-refractivity contribution in [2.45, 2.75) is 44.1 Å². The van der Waals surface area contributed by atoms with Gasteiger partial charge >= 0.3 is 0 Å². The lowest BCUT2D eigenvalue weighted by Crippen LogP contribution is -2.47. The first-order valence-electron chi connectivity index (χ1n) is 6.07. The fourth-order valence-electron chi connectivity index (χ4n) is 2.67. The molecule has 1 unspecified atom stereocenters. The van der Waals surface area contributed by atoms with Crippen LogP contribution >= 0.6 is 0 Å². The number of hydrogen-bond acceptors (Lipinski definition) is 3. The highest BCUT2D eigenvalue weighted by molar-refractivity contribution is 5.81. The Balaban J connectivity index is 1.84. The molecule has 2 rings (SSSR count). The molecule has 0 aromatic rings. The van der Waals surface area contributed by atoms with Crippen molar-refractivity contribution < 1.29 is 9.53 Å². The Kier molecular flexibility index (Phi) is 3.42. The third kappa shape index (κ3) is 2.40. The molecule has 1 aliphatic carbocycles. The molecule has 1 saturated heterocycles. The molecule has 1 atom stereocenters. The minimum Gasteiger partial charge on any atom is -0.375 e. The van der Waals surface area contributed by atoms with Crippen molar-refractivity contribution in [3.8, 4) is 0 Å². The summed E-state index contributed by atoms with van der Waals surface area (Å²) in [6.45, 7) is 1.60. The minimum atomic E-state index is 0.109. The Labute approximate surface area is 91.6 Å². The maximum absolute atomic E-state index is 11.9. The fourth-order valence-corrected chi connectivity index (χ4v) is 2.67. The molecule has 0 radical (unpaired) electrons. The molecule has 1 aliphatic heterocycles. The number of hydrogen-bond donors (Lipinski definition) is 1. The minimum absolute atomic E-state index is 0.109. The van der Waals surface area contributed by atoms with Gasteiger partial charge in [0.2, 0.25) is 0 Å². The van der Waals surface area contributed by atoms with Crippen molar-refractivity contribution in [1.29, 1.82) is 0 Å². The van der Waals surface area contributed by atoms with E-state index in [1.165, 1.54) is 19.3 Å². The van der Waals surface area contributed by atoms with Crippen LogP contribution in [0.5, 0.6) is 0 Å². The SMILES string of the molecule is CNCCC(=O)C1CCOC2(CCC2)C1. The number of carbonyl (C=O) groups is 1. The standard InChI is InChI=1S/C12H21NO2/c1-13-7-3-11(14)10-4-8-15-12(9-10)5-2-6-12/h10,13H,2-9H2,1H3. The molecule has 2 fully saturated rings. The van der Waals surface area contributed by atoms with E-state index >= 15 is 0 Å². The third-order valence-electron chi connectivity index (χ3n) is 3.83. The first kappa shape index (κ1) is 11.1. The Morgan fingerprint density at radius 3 is 2.93 bits per heavy atom. The van der Waals surface area contributed by atoms with Crippen LogP contribution < -0.4 is 5.32 Å². The molecule has 1 spiro atoms. The van der Waals surface area contributed by atoms with Gasteiger partial charge in [0, 0.05) is 25.5 Å². The van der Waals surface area contributed by atoms with Crippen LogP contribution in [0.25, 0.3) is 0 Å². The van der Waals surface area contributed by atoms with Crippen LogP contribution in [0.15, 0.2) is 0 Å². The zero-order valence-electron chi connectivity index (χ0n) is 9.55. The molecule has 0 aromatic heterocycles. The normalized spacial score (nSPS) is 28.7. The summed E-state index contributed by atoms with van der Waals surface area (Å²) in [5, 5.41) is 3.03. The van der Waals surface area contributed by atoms with Gasteiger partial charge in [-0.25, -0.2) is 0 Å². The summed E-state index contributed by atoms with van der Waals surface area (Å²) in [5.41, 5.74) is 0.109. The second-order valence-electron chi connectivity index (χ2n) is 4.89. The highest BCUT2D eigenvalue weighted by Crippen LogP contribution is 2.44. The second-order valence-corrected chi connectivity index (χ2v) is 4.89. The largest absolute Gasteiger partial charge is 0.375 e.